The molecule has 0 saturated heterocycles. The van der Waals surface area contributed by atoms with Gasteiger partial charge in [-0.25, -0.2) is 4.68 Å². The van der Waals surface area contributed by atoms with Crippen LogP contribution in [0.2, 0.25) is 0 Å². The Morgan fingerprint density at radius 3 is 2.80 bits per heavy atom. The van der Waals surface area contributed by atoms with Crippen LogP contribution in [0, 0.1) is 25.7 Å². The molecule has 2 aromatic rings. The Morgan fingerprint density at radius 1 is 1.35 bits per heavy atom. The zero-order valence-electron chi connectivity index (χ0n) is 11.2. The average Bonchev–Trinajstić information content (AvgIpc) is 2.87. The minimum absolute atomic E-state index is 0.212. The Bertz CT molecular complexity index is 802. The molecule has 0 unspecified atom stereocenters. The summed E-state index contributed by atoms with van der Waals surface area (Å²) in [5.74, 6) is 5.40. The lowest BCUT2D eigenvalue weighted by Crippen LogP contribution is -2.33. The van der Waals surface area contributed by atoms with E-state index in [1.165, 1.54) is 16.0 Å². The van der Waals surface area contributed by atoms with Gasteiger partial charge in [-0.2, -0.15) is 0 Å². The molecule has 2 rings (SSSR count). The number of hydrogen-bond donors (Lipinski definition) is 2. The summed E-state index contributed by atoms with van der Waals surface area (Å²) < 4.78 is 1.29. The number of aromatic amines is 1. The quantitative estimate of drug-likeness (QED) is 0.796. The zero-order valence-corrected chi connectivity index (χ0v) is 12.0. The highest BCUT2D eigenvalue weighted by atomic mass is 32.1. The SMILES string of the molecule is Cc1c(C)c(=O)n(Cc2sccc2C#CCO)[nH]c1=O. The lowest BCUT2D eigenvalue weighted by Gasteiger charge is -2.07. The van der Waals surface area contributed by atoms with E-state index >= 15 is 0 Å². The molecule has 0 aromatic carbocycles. The van der Waals surface area contributed by atoms with Crippen molar-refractivity contribution < 1.29 is 5.11 Å². The van der Waals surface area contributed by atoms with Crippen LogP contribution in [-0.2, 0) is 6.54 Å². The van der Waals surface area contributed by atoms with E-state index < -0.39 is 0 Å². The molecule has 6 heteroatoms. The summed E-state index contributed by atoms with van der Waals surface area (Å²) in [6.45, 7) is 3.32. The van der Waals surface area contributed by atoms with Gasteiger partial charge in [0.25, 0.3) is 11.1 Å². The number of nitrogens with zero attached hydrogens (tertiary/aromatic N) is 1. The Labute approximate surface area is 119 Å². The van der Waals surface area contributed by atoms with Gasteiger partial charge in [-0.1, -0.05) is 11.8 Å². The van der Waals surface area contributed by atoms with Crippen LogP contribution in [0.15, 0.2) is 21.0 Å². The molecule has 2 aromatic heterocycles. The van der Waals surface area contributed by atoms with Crippen molar-refractivity contribution in [2.45, 2.75) is 20.4 Å². The molecular formula is C14H14N2O3S. The highest BCUT2D eigenvalue weighted by molar-refractivity contribution is 7.10. The number of nitrogens with one attached hydrogen (secondary N) is 1. The molecule has 0 aliphatic carbocycles. The van der Waals surface area contributed by atoms with E-state index in [1.807, 2.05) is 11.4 Å². The van der Waals surface area contributed by atoms with Crippen molar-refractivity contribution in [1.82, 2.24) is 9.78 Å². The van der Waals surface area contributed by atoms with Crippen molar-refractivity contribution in [2.75, 3.05) is 6.61 Å². The largest absolute Gasteiger partial charge is 0.384 e. The Morgan fingerprint density at radius 2 is 2.10 bits per heavy atom. The number of rotatable bonds is 2. The smallest absolute Gasteiger partial charge is 0.268 e. The first-order valence-corrected chi connectivity index (χ1v) is 6.89. The molecule has 0 bridgehead atoms. The van der Waals surface area contributed by atoms with Crippen LogP contribution in [0.5, 0.6) is 0 Å². The summed E-state index contributed by atoms with van der Waals surface area (Å²) in [5.41, 5.74) is 1.18. The van der Waals surface area contributed by atoms with E-state index in [4.69, 9.17) is 5.11 Å². The van der Waals surface area contributed by atoms with E-state index in [9.17, 15) is 9.59 Å². The van der Waals surface area contributed by atoms with Crippen molar-refractivity contribution in [3.63, 3.8) is 0 Å². The fourth-order valence-electron chi connectivity index (χ4n) is 1.75. The van der Waals surface area contributed by atoms with Crippen LogP contribution in [-0.4, -0.2) is 21.5 Å². The van der Waals surface area contributed by atoms with E-state index in [1.54, 1.807) is 13.8 Å². The lowest BCUT2D eigenvalue weighted by atomic mass is 10.2. The second kappa shape index (κ2) is 5.90. The lowest BCUT2D eigenvalue weighted by molar-refractivity contribution is 0.350. The summed E-state index contributed by atoms with van der Waals surface area (Å²) in [5, 5.41) is 13.1. The Balaban J connectivity index is 2.44. The second-order valence-electron chi connectivity index (χ2n) is 4.30. The standard InChI is InChI=1S/C14H14N2O3S/c1-9-10(2)14(19)16(15-13(9)18)8-12-11(4-3-6-17)5-7-20-12/h5,7,17H,6,8H2,1-2H3,(H,15,18). The molecule has 0 fully saturated rings. The summed E-state index contributed by atoms with van der Waals surface area (Å²) >= 11 is 1.45. The molecule has 0 aliphatic heterocycles. The normalized spacial score (nSPS) is 10.2. The van der Waals surface area contributed by atoms with Gasteiger partial charge in [0.2, 0.25) is 0 Å². The van der Waals surface area contributed by atoms with Crippen LogP contribution < -0.4 is 11.1 Å². The van der Waals surface area contributed by atoms with Crippen molar-refractivity contribution >= 4 is 11.3 Å². The first-order valence-electron chi connectivity index (χ1n) is 6.01. The van der Waals surface area contributed by atoms with E-state index in [2.05, 4.69) is 16.9 Å². The molecule has 0 spiro atoms. The van der Waals surface area contributed by atoms with Gasteiger partial charge in [0.05, 0.1) is 6.54 Å². The molecule has 0 aliphatic rings. The number of aliphatic hydroxyl groups excluding tert-OH is 1. The maximum absolute atomic E-state index is 12.1. The van der Waals surface area contributed by atoms with Gasteiger partial charge in [0, 0.05) is 21.6 Å². The third kappa shape index (κ3) is 2.74. The van der Waals surface area contributed by atoms with Gasteiger partial charge in [-0.3, -0.25) is 14.7 Å². The van der Waals surface area contributed by atoms with Crippen molar-refractivity contribution in [1.29, 1.82) is 0 Å². The van der Waals surface area contributed by atoms with Gasteiger partial charge in [-0.05, 0) is 25.3 Å². The molecule has 2 heterocycles. The summed E-state index contributed by atoms with van der Waals surface area (Å²) in [4.78, 5) is 24.7. The van der Waals surface area contributed by atoms with Gasteiger partial charge < -0.3 is 5.11 Å². The fourth-order valence-corrected chi connectivity index (χ4v) is 2.57. The van der Waals surface area contributed by atoms with Crippen molar-refractivity contribution in [3.05, 3.63) is 53.7 Å². The Kier molecular flexibility index (Phi) is 4.23. The van der Waals surface area contributed by atoms with E-state index in [0.29, 0.717) is 11.1 Å². The number of aromatic nitrogens is 2. The van der Waals surface area contributed by atoms with Crippen LogP contribution >= 0.6 is 11.3 Å². The molecule has 20 heavy (non-hydrogen) atoms. The number of aliphatic hydroxyl groups is 1. The van der Waals surface area contributed by atoms with Crippen molar-refractivity contribution in [2.24, 2.45) is 0 Å². The number of hydrogen-bond acceptors (Lipinski definition) is 4. The minimum Gasteiger partial charge on any atom is -0.384 e. The van der Waals surface area contributed by atoms with Gasteiger partial charge in [0.1, 0.15) is 6.61 Å². The highest BCUT2D eigenvalue weighted by Gasteiger charge is 2.09. The third-order valence-corrected chi connectivity index (χ3v) is 3.96. The average molecular weight is 290 g/mol. The zero-order chi connectivity index (χ0) is 14.7. The van der Waals surface area contributed by atoms with Gasteiger partial charge in [-0.15, -0.1) is 11.3 Å². The van der Waals surface area contributed by atoms with Crippen LogP contribution in [0.1, 0.15) is 21.6 Å². The van der Waals surface area contributed by atoms with E-state index in [0.717, 1.165) is 10.4 Å². The van der Waals surface area contributed by atoms with Gasteiger partial charge >= 0.3 is 0 Å². The monoisotopic (exact) mass is 290 g/mol. The van der Waals surface area contributed by atoms with Crippen molar-refractivity contribution in [3.8, 4) is 11.8 Å². The number of H-pyrrole nitrogens is 1. The predicted octanol–water partition coefficient (Wildman–Crippen LogP) is 0.607. The molecule has 0 saturated carbocycles. The van der Waals surface area contributed by atoms with Crippen LogP contribution in [0.25, 0.3) is 0 Å². The van der Waals surface area contributed by atoms with Crippen LogP contribution in [0.3, 0.4) is 0 Å². The third-order valence-electron chi connectivity index (χ3n) is 3.05. The topological polar surface area (TPSA) is 75.1 Å². The molecule has 0 radical (unpaired) electrons. The molecule has 2 N–H and O–H groups in total. The molecule has 0 amide bonds. The predicted molar refractivity (Wildman–Crippen MR) is 78.2 cm³/mol. The minimum atomic E-state index is -0.262. The maximum atomic E-state index is 12.1. The molecular weight excluding hydrogens is 276 g/mol. The van der Waals surface area contributed by atoms with E-state index in [-0.39, 0.29) is 24.3 Å². The molecule has 0 atom stereocenters. The number of thiophene rings is 1. The summed E-state index contributed by atoms with van der Waals surface area (Å²) in [7, 11) is 0. The van der Waals surface area contributed by atoms with Gasteiger partial charge in [0.15, 0.2) is 0 Å². The van der Waals surface area contributed by atoms with Crippen LogP contribution in [0.4, 0.5) is 0 Å². The summed E-state index contributed by atoms with van der Waals surface area (Å²) in [6.07, 6.45) is 0. The Hall–Kier alpha value is -2.10. The molecule has 5 nitrogen and oxygen atoms in total. The second-order valence-corrected chi connectivity index (χ2v) is 5.30. The maximum Gasteiger partial charge on any atom is 0.268 e. The fraction of sp³-hybridized carbons (Fsp3) is 0.286. The first-order chi connectivity index (χ1) is 9.54. The summed E-state index contributed by atoms with van der Waals surface area (Å²) in [6, 6.07) is 1.83. The molecule has 104 valence electrons. The highest BCUT2D eigenvalue weighted by Crippen LogP contribution is 2.16. The first kappa shape index (κ1) is 14.3.